The van der Waals surface area contributed by atoms with Gasteiger partial charge in [0.2, 0.25) is 0 Å². The van der Waals surface area contributed by atoms with Crippen LogP contribution in [0.2, 0.25) is 5.02 Å². The van der Waals surface area contributed by atoms with Crippen molar-refractivity contribution in [3.8, 4) is 5.69 Å². The van der Waals surface area contributed by atoms with E-state index in [1.807, 2.05) is 45.9 Å². The largest absolute Gasteiger partial charge is 0.448 e. The number of fused-ring (bicyclic) bond motifs is 1. The quantitative estimate of drug-likeness (QED) is 0.631. The molecule has 0 radical (unpaired) electrons. The Labute approximate surface area is 172 Å². The summed E-state index contributed by atoms with van der Waals surface area (Å²) in [5.41, 5.74) is 1.12. The lowest BCUT2D eigenvalue weighted by atomic mass is 10.1. The SMILES string of the molecule is Cc1nn(-c2ccccc2Cl)c2sc(C(=O)OC(C)C(=O)NC(C)(C)C)cc12. The van der Waals surface area contributed by atoms with Gasteiger partial charge in [-0.2, -0.15) is 5.10 Å². The molecule has 3 aromatic rings. The van der Waals surface area contributed by atoms with Crippen LogP contribution in [-0.2, 0) is 9.53 Å². The van der Waals surface area contributed by atoms with Gasteiger partial charge >= 0.3 is 5.97 Å². The molecule has 148 valence electrons. The lowest BCUT2D eigenvalue weighted by molar-refractivity contribution is -0.130. The molecule has 0 saturated carbocycles. The van der Waals surface area contributed by atoms with Crippen LogP contribution >= 0.6 is 22.9 Å². The number of para-hydroxylation sites is 1. The van der Waals surface area contributed by atoms with Gasteiger partial charge in [0.05, 0.1) is 16.4 Å². The van der Waals surface area contributed by atoms with Gasteiger partial charge in [-0.05, 0) is 52.8 Å². The molecule has 1 aromatic carbocycles. The number of thiophene rings is 1. The molecule has 1 amide bonds. The molecule has 0 bridgehead atoms. The third kappa shape index (κ3) is 4.20. The molecule has 1 unspecified atom stereocenters. The van der Waals surface area contributed by atoms with E-state index in [0.717, 1.165) is 21.6 Å². The first-order valence-electron chi connectivity index (χ1n) is 8.84. The first-order chi connectivity index (χ1) is 13.1. The first-order valence-corrected chi connectivity index (χ1v) is 10.0. The predicted octanol–water partition coefficient (Wildman–Crippen LogP) is 4.51. The van der Waals surface area contributed by atoms with Crippen LogP contribution in [-0.4, -0.2) is 33.3 Å². The molecule has 1 atom stereocenters. The standard InChI is InChI=1S/C20H22ClN3O3S/c1-11-13-10-16(19(26)27-12(2)17(25)22-20(3,4)5)28-18(13)24(23-11)15-9-7-6-8-14(15)21/h6-10,12H,1-5H3,(H,22,25). The van der Waals surface area contributed by atoms with Crippen molar-refractivity contribution in [3.05, 3.63) is 45.9 Å². The Hall–Kier alpha value is -2.38. The van der Waals surface area contributed by atoms with Crippen molar-refractivity contribution >= 4 is 45.0 Å². The van der Waals surface area contributed by atoms with Crippen LogP contribution in [0.5, 0.6) is 0 Å². The van der Waals surface area contributed by atoms with Crippen molar-refractivity contribution in [2.75, 3.05) is 0 Å². The number of carbonyl (C=O) groups excluding carboxylic acids is 2. The average molecular weight is 420 g/mol. The topological polar surface area (TPSA) is 73.2 Å². The number of benzene rings is 1. The molecule has 0 aliphatic heterocycles. The molecule has 28 heavy (non-hydrogen) atoms. The molecular formula is C20H22ClN3O3S. The maximum absolute atomic E-state index is 12.6. The van der Waals surface area contributed by atoms with Crippen molar-refractivity contribution in [2.24, 2.45) is 0 Å². The Morgan fingerprint density at radius 2 is 1.96 bits per heavy atom. The second-order valence-corrected chi connectivity index (χ2v) is 9.00. The van der Waals surface area contributed by atoms with Gasteiger partial charge in [0, 0.05) is 10.9 Å². The van der Waals surface area contributed by atoms with Crippen molar-refractivity contribution < 1.29 is 14.3 Å². The minimum atomic E-state index is -0.891. The summed E-state index contributed by atoms with van der Waals surface area (Å²) < 4.78 is 7.08. The normalized spacial score (nSPS) is 12.8. The Morgan fingerprint density at radius 3 is 2.61 bits per heavy atom. The van der Waals surface area contributed by atoms with E-state index in [9.17, 15) is 9.59 Å². The number of halogens is 1. The number of aromatic nitrogens is 2. The summed E-state index contributed by atoms with van der Waals surface area (Å²) in [7, 11) is 0. The van der Waals surface area contributed by atoms with Crippen molar-refractivity contribution in [1.82, 2.24) is 15.1 Å². The highest BCUT2D eigenvalue weighted by atomic mass is 35.5. The number of amides is 1. The highest BCUT2D eigenvalue weighted by Gasteiger charge is 2.25. The minimum absolute atomic E-state index is 0.333. The first kappa shape index (κ1) is 20.4. The molecule has 2 aromatic heterocycles. The summed E-state index contributed by atoms with van der Waals surface area (Å²) in [5, 5.41) is 8.76. The smallest absolute Gasteiger partial charge is 0.349 e. The van der Waals surface area contributed by atoms with Crippen LogP contribution in [0.15, 0.2) is 30.3 Å². The number of nitrogens with one attached hydrogen (secondary N) is 1. The van der Waals surface area contributed by atoms with Gasteiger partial charge in [-0.3, -0.25) is 4.79 Å². The summed E-state index contributed by atoms with van der Waals surface area (Å²) in [6, 6.07) is 9.12. The fourth-order valence-corrected chi connectivity index (χ4v) is 3.95. The number of ether oxygens (including phenoxy) is 1. The zero-order valence-electron chi connectivity index (χ0n) is 16.4. The fraction of sp³-hybridized carbons (Fsp3) is 0.350. The lowest BCUT2D eigenvalue weighted by Crippen LogP contribution is -2.46. The Bertz CT molecular complexity index is 1050. The summed E-state index contributed by atoms with van der Waals surface area (Å²) in [5.74, 6) is -0.872. The third-order valence-corrected chi connectivity index (χ3v) is 5.39. The maximum atomic E-state index is 12.6. The number of nitrogens with zero attached hydrogens (tertiary/aromatic N) is 2. The zero-order chi connectivity index (χ0) is 20.6. The summed E-state index contributed by atoms with van der Waals surface area (Å²) in [6.45, 7) is 9.04. The summed E-state index contributed by atoms with van der Waals surface area (Å²) in [4.78, 5) is 25.9. The molecular weight excluding hydrogens is 398 g/mol. The molecule has 0 aliphatic rings. The van der Waals surface area contributed by atoms with E-state index in [-0.39, 0.29) is 5.91 Å². The van der Waals surface area contributed by atoms with Crippen molar-refractivity contribution in [3.63, 3.8) is 0 Å². The average Bonchev–Trinajstić information content (AvgIpc) is 3.15. The number of esters is 1. The van der Waals surface area contributed by atoms with Gasteiger partial charge in [0.15, 0.2) is 6.10 Å². The molecule has 0 spiro atoms. The molecule has 2 heterocycles. The van der Waals surface area contributed by atoms with Gasteiger partial charge in [-0.15, -0.1) is 11.3 Å². The number of hydrogen-bond acceptors (Lipinski definition) is 5. The van der Waals surface area contributed by atoms with Crippen LogP contribution in [0.3, 0.4) is 0 Å². The molecule has 3 rings (SSSR count). The second kappa shape index (κ2) is 7.56. The molecule has 0 aliphatic carbocycles. The van der Waals surface area contributed by atoms with E-state index in [1.165, 1.54) is 11.3 Å². The van der Waals surface area contributed by atoms with E-state index in [1.54, 1.807) is 23.7 Å². The monoisotopic (exact) mass is 419 g/mol. The van der Waals surface area contributed by atoms with E-state index in [0.29, 0.717) is 9.90 Å². The van der Waals surface area contributed by atoms with Crippen LogP contribution in [0.4, 0.5) is 0 Å². The van der Waals surface area contributed by atoms with Crippen molar-refractivity contribution in [1.29, 1.82) is 0 Å². The maximum Gasteiger partial charge on any atom is 0.349 e. The molecule has 6 nitrogen and oxygen atoms in total. The van der Waals surface area contributed by atoms with E-state index < -0.39 is 17.6 Å². The Morgan fingerprint density at radius 1 is 1.29 bits per heavy atom. The van der Waals surface area contributed by atoms with Gasteiger partial charge in [0.25, 0.3) is 5.91 Å². The van der Waals surface area contributed by atoms with Gasteiger partial charge in [0.1, 0.15) is 9.71 Å². The molecule has 1 N–H and O–H groups in total. The predicted molar refractivity (Wildman–Crippen MR) is 111 cm³/mol. The summed E-state index contributed by atoms with van der Waals surface area (Å²) in [6.07, 6.45) is -0.891. The van der Waals surface area contributed by atoms with Crippen LogP contribution < -0.4 is 5.32 Å². The van der Waals surface area contributed by atoms with Crippen LogP contribution in [0.25, 0.3) is 15.9 Å². The lowest BCUT2D eigenvalue weighted by Gasteiger charge is -2.23. The number of carbonyl (C=O) groups is 2. The Kier molecular flexibility index (Phi) is 5.50. The van der Waals surface area contributed by atoms with Crippen molar-refractivity contribution in [2.45, 2.75) is 46.3 Å². The van der Waals surface area contributed by atoms with E-state index >= 15 is 0 Å². The van der Waals surface area contributed by atoms with Crippen LogP contribution in [0.1, 0.15) is 43.1 Å². The highest BCUT2D eigenvalue weighted by molar-refractivity contribution is 7.20. The highest BCUT2D eigenvalue weighted by Crippen LogP contribution is 2.32. The number of hydrogen-bond donors (Lipinski definition) is 1. The van der Waals surface area contributed by atoms with Gasteiger partial charge < -0.3 is 10.1 Å². The fourth-order valence-electron chi connectivity index (χ4n) is 2.68. The van der Waals surface area contributed by atoms with Gasteiger partial charge in [-0.25, -0.2) is 9.48 Å². The Balaban J connectivity index is 1.87. The second-order valence-electron chi connectivity index (χ2n) is 7.56. The zero-order valence-corrected chi connectivity index (χ0v) is 17.9. The van der Waals surface area contributed by atoms with Crippen LogP contribution in [0, 0.1) is 6.92 Å². The number of aryl methyl sites for hydroxylation is 1. The summed E-state index contributed by atoms with van der Waals surface area (Å²) >= 11 is 7.56. The van der Waals surface area contributed by atoms with E-state index in [4.69, 9.17) is 16.3 Å². The molecule has 8 heteroatoms. The third-order valence-electron chi connectivity index (χ3n) is 3.98. The number of rotatable bonds is 4. The van der Waals surface area contributed by atoms with Gasteiger partial charge in [-0.1, -0.05) is 23.7 Å². The minimum Gasteiger partial charge on any atom is -0.448 e. The molecule has 0 saturated heterocycles. The van der Waals surface area contributed by atoms with E-state index in [2.05, 4.69) is 10.4 Å². The molecule has 0 fully saturated rings.